The van der Waals surface area contributed by atoms with E-state index >= 15 is 0 Å². The highest BCUT2D eigenvalue weighted by Gasteiger charge is 2.26. The van der Waals surface area contributed by atoms with Crippen LogP contribution in [0.1, 0.15) is 13.3 Å². The zero-order valence-electron chi connectivity index (χ0n) is 10.3. The van der Waals surface area contributed by atoms with E-state index in [1.54, 1.807) is 18.2 Å². The second-order valence-electron chi connectivity index (χ2n) is 4.72. The Bertz CT molecular complexity index is 439. The number of nitrogens with zero attached hydrogens (tertiary/aromatic N) is 1. The SMILES string of the molecule is CC1CN(c2ccccc2F)CC(CC(=O)O)N1. The molecular formula is C13H17FN2O2. The van der Waals surface area contributed by atoms with E-state index in [0.717, 1.165) is 0 Å². The van der Waals surface area contributed by atoms with Crippen LogP contribution >= 0.6 is 0 Å². The number of aliphatic carboxylic acids is 1. The smallest absolute Gasteiger partial charge is 0.304 e. The lowest BCUT2D eigenvalue weighted by Crippen LogP contribution is -2.56. The molecule has 0 radical (unpaired) electrons. The number of halogens is 1. The van der Waals surface area contributed by atoms with Crippen molar-refractivity contribution in [1.29, 1.82) is 0 Å². The van der Waals surface area contributed by atoms with Gasteiger partial charge in [0.1, 0.15) is 5.82 Å². The third kappa shape index (κ3) is 2.98. The lowest BCUT2D eigenvalue weighted by atomic mass is 10.1. The van der Waals surface area contributed by atoms with E-state index in [0.29, 0.717) is 18.8 Å². The molecule has 1 heterocycles. The van der Waals surface area contributed by atoms with Gasteiger partial charge < -0.3 is 15.3 Å². The fourth-order valence-corrected chi connectivity index (χ4v) is 2.42. The Hall–Kier alpha value is -1.62. The summed E-state index contributed by atoms with van der Waals surface area (Å²) in [5.41, 5.74) is 0.543. The highest BCUT2D eigenvalue weighted by molar-refractivity contribution is 5.67. The van der Waals surface area contributed by atoms with Crippen LogP contribution in [0.3, 0.4) is 0 Å². The van der Waals surface area contributed by atoms with Crippen LogP contribution in [-0.2, 0) is 4.79 Å². The van der Waals surface area contributed by atoms with Gasteiger partial charge in [-0.1, -0.05) is 12.1 Å². The molecular weight excluding hydrogens is 235 g/mol. The van der Waals surface area contributed by atoms with Gasteiger partial charge in [-0.2, -0.15) is 0 Å². The van der Waals surface area contributed by atoms with E-state index < -0.39 is 5.97 Å². The first kappa shape index (κ1) is 12.8. The normalized spacial score (nSPS) is 24.0. The number of anilines is 1. The minimum Gasteiger partial charge on any atom is -0.481 e. The van der Waals surface area contributed by atoms with Gasteiger partial charge in [-0.3, -0.25) is 4.79 Å². The molecule has 1 fully saturated rings. The Morgan fingerprint density at radius 3 is 2.89 bits per heavy atom. The van der Waals surface area contributed by atoms with Gasteiger partial charge in [0.15, 0.2) is 0 Å². The fourth-order valence-electron chi connectivity index (χ4n) is 2.42. The molecule has 5 heteroatoms. The Morgan fingerprint density at radius 2 is 2.22 bits per heavy atom. The number of nitrogens with one attached hydrogen (secondary N) is 1. The van der Waals surface area contributed by atoms with Gasteiger partial charge in [0.05, 0.1) is 12.1 Å². The van der Waals surface area contributed by atoms with Gasteiger partial charge in [-0.15, -0.1) is 0 Å². The molecule has 2 rings (SSSR count). The number of piperazine rings is 1. The molecule has 1 saturated heterocycles. The predicted octanol–water partition coefficient (Wildman–Crippen LogP) is 1.47. The minimum absolute atomic E-state index is 0.0509. The number of carboxylic acid groups (broad SMARTS) is 1. The summed E-state index contributed by atoms with van der Waals surface area (Å²) in [6.45, 7) is 3.16. The molecule has 98 valence electrons. The van der Waals surface area contributed by atoms with Crippen LogP contribution in [0.5, 0.6) is 0 Å². The standard InChI is InChI=1S/C13H17FN2O2/c1-9-7-16(8-10(15-9)6-13(17)18)12-5-3-2-4-11(12)14/h2-5,9-10,15H,6-8H2,1H3,(H,17,18). The van der Waals surface area contributed by atoms with Crippen molar-refractivity contribution >= 4 is 11.7 Å². The number of hydrogen-bond donors (Lipinski definition) is 2. The second kappa shape index (κ2) is 5.35. The van der Waals surface area contributed by atoms with Crippen molar-refractivity contribution in [2.75, 3.05) is 18.0 Å². The second-order valence-corrected chi connectivity index (χ2v) is 4.72. The maximum absolute atomic E-state index is 13.7. The van der Waals surface area contributed by atoms with Crippen LogP contribution < -0.4 is 10.2 Å². The average molecular weight is 252 g/mol. The molecule has 0 saturated carbocycles. The predicted molar refractivity (Wildman–Crippen MR) is 67.3 cm³/mol. The summed E-state index contributed by atoms with van der Waals surface area (Å²) < 4.78 is 13.7. The third-order valence-electron chi connectivity index (χ3n) is 3.07. The van der Waals surface area contributed by atoms with Crippen LogP contribution in [0, 0.1) is 5.82 Å². The molecule has 1 aliphatic heterocycles. The Balaban J connectivity index is 2.13. The largest absolute Gasteiger partial charge is 0.481 e. The van der Waals surface area contributed by atoms with Gasteiger partial charge in [-0.25, -0.2) is 4.39 Å². The van der Waals surface area contributed by atoms with Gasteiger partial charge in [-0.05, 0) is 19.1 Å². The quantitative estimate of drug-likeness (QED) is 0.855. The monoisotopic (exact) mass is 252 g/mol. The van der Waals surface area contributed by atoms with Gasteiger partial charge in [0, 0.05) is 25.2 Å². The number of rotatable bonds is 3. The van der Waals surface area contributed by atoms with Crippen LogP contribution in [0.4, 0.5) is 10.1 Å². The summed E-state index contributed by atoms with van der Waals surface area (Å²) in [6.07, 6.45) is 0.0509. The third-order valence-corrected chi connectivity index (χ3v) is 3.07. The Kier molecular flexibility index (Phi) is 3.81. The van der Waals surface area contributed by atoms with Crippen molar-refractivity contribution in [2.45, 2.75) is 25.4 Å². The lowest BCUT2D eigenvalue weighted by Gasteiger charge is -2.38. The van der Waals surface area contributed by atoms with Gasteiger partial charge >= 0.3 is 5.97 Å². The number of hydrogen-bond acceptors (Lipinski definition) is 3. The zero-order valence-corrected chi connectivity index (χ0v) is 10.3. The van der Waals surface area contributed by atoms with E-state index in [1.807, 2.05) is 11.8 Å². The zero-order chi connectivity index (χ0) is 13.1. The average Bonchev–Trinajstić information content (AvgIpc) is 2.27. The molecule has 18 heavy (non-hydrogen) atoms. The fraction of sp³-hybridized carbons (Fsp3) is 0.462. The molecule has 0 bridgehead atoms. The summed E-state index contributed by atoms with van der Waals surface area (Å²) in [7, 11) is 0. The topological polar surface area (TPSA) is 52.6 Å². The van der Waals surface area contributed by atoms with Crippen molar-refractivity contribution in [3.05, 3.63) is 30.1 Å². The van der Waals surface area contributed by atoms with Crippen molar-refractivity contribution < 1.29 is 14.3 Å². The van der Waals surface area contributed by atoms with Crippen molar-refractivity contribution in [2.24, 2.45) is 0 Å². The van der Waals surface area contributed by atoms with E-state index in [1.165, 1.54) is 6.07 Å². The summed E-state index contributed by atoms with van der Waals surface area (Å²) in [4.78, 5) is 12.7. The van der Waals surface area contributed by atoms with Crippen LogP contribution in [0.2, 0.25) is 0 Å². The van der Waals surface area contributed by atoms with E-state index in [2.05, 4.69) is 5.32 Å². The number of benzene rings is 1. The van der Waals surface area contributed by atoms with Crippen LogP contribution in [0.25, 0.3) is 0 Å². The molecule has 0 amide bonds. The highest BCUT2D eigenvalue weighted by Crippen LogP contribution is 2.21. The highest BCUT2D eigenvalue weighted by atomic mass is 19.1. The maximum atomic E-state index is 13.7. The van der Waals surface area contributed by atoms with E-state index in [-0.39, 0.29) is 24.3 Å². The first-order chi connectivity index (χ1) is 8.56. The molecule has 0 spiro atoms. The van der Waals surface area contributed by atoms with Gasteiger partial charge in [0.2, 0.25) is 0 Å². The summed E-state index contributed by atoms with van der Waals surface area (Å²) >= 11 is 0. The van der Waals surface area contributed by atoms with Crippen molar-refractivity contribution in [1.82, 2.24) is 5.32 Å². The molecule has 2 N–H and O–H groups in total. The first-order valence-electron chi connectivity index (χ1n) is 6.03. The van der Waals surface area contributed by atoms with Crippen LogP contribution in [-0.4, -0.2) is 36.2 Å². The minimum atomic E-state index is -0.838. The molecule has 0 aliphatic carbocycles. The summed E-state index contributed by atoms with van der Waals surface area (Å²) in [6, 6.07) is 6.59. The lowest BCUT2D eigenvalue weighted by molar-refractivity contribution is -0.137. The molecule has 1 aromatic rings. The summed E-state index contributed by atoms with van der Waals surface area (Å²) in [5, 5.41) is 12.1. The van der Waals surface area contributed by atoms with Crippen LogP contribution in [0.15, 0.2) is 24.3 Å². The van der Waals surface area contributed by atoms with Gasteiger partial charge in [0.25, 0.3) is 0 Å². The Morgan fingerprint density at radius 1 is 1.50 bits per heavy atom. The van der Waals surface area contributed by atoms with Crippen molar-refractivity contribution in [3.8, 4) is 0 Å². The number of carbonyl (C=O) groups is 1. The van der Waals surface area contributed by atoms with E-state index in [9.17, 15) is 9.18 Å². The van der Waals surface area contributed by atoms with E-state index in [4.69, 9.17) is 5.11 Å². The number of para-hydroxylation sites is 1. The first-order valence-corrected chi connectivity index (χ1v) is 6.03. The molecule has 0 aromatic heterocycles. The number of carboxylic acids is 1. The maximum Gasteiger partial charge on any atom is 0.304 e. The molecule has 1 aromatic carbocycles. The summed E-state index contributed by atoms with van der Waals surface area (Å²) in [5.74, 6) is -1.10. The Labute approximate surface area is 105 Å². The van der Waals surface area contributed by atoms with Crippen molar-refractivity contribution in [3.63, 3.8) is 0 Å². The molecule has 4 nitrogen and oxygen atoms in total. The molecule has 2 atom stereocenters. The molecule has 2 unspecified atom stereocenters. The molecule has 1 aliphatic rings.